The minimum absolute atomic E-state index is 0.0259. The zero-order valence-electron chi connectivity index (χ0n) is 18.9. The molecule has 1 saturated heterocycles. The average molecular weight is 437 g/mol. The zero-order chi connectivity index (χ0) is 22.5. The summed E-state index contributed by atoms with van der Waals surface area (Å²) in [6.07, 6.45) is 6.98. The van der Waals surface area contributed by atoms with Crippen LogP contribution in [-0.2, 0) is 9.59 Å². The van der Waals surface area contributed by atoms with Crippen molar-refractivity contribution in [2.24, 2.45) is 5.92 Å². The molecule has 0 radical (unpaired) electrons. The molecule has 6 heteroatoms. The van der Waals surface area contributed by atoms with Crippen LogP contribution in [0.1, 0.15) is 56.6 Å². The second-order valence-corrected chi connectivity index (χ2v) is 8.69. The minimum atomic E-state index is -0.443. The Hall–Kier alpha value is -3.02. The molecule has 2 aromatic rings. The van der Waals surface area contributed by atoms with Gasteiger partial charge in [-0.1, -0.05) is 37.8 Å². The summed E-state index contributed by atoms with van der Waals surface area (Å²) in [5.41, 5.74) is 1.69. The molecule has 2 fully saturated rings. The van der Waals surface area contributed by atoms with E-state index in [2.05, 4.69) is 5.32 Å². The number of hydrogen-bond donors (Lipinski definition) is 1. The van der Waals surface area contributed by atoms with Crippen molar-refractivity contribution in [3.63, 3.8) is 0 Å². The van der Waals surface area contributed by atoms with Crippen LogP contribution in [0.4, 0.5) is 5.69 Å². The summed E-state index contributed by atoms with van der Waals surface area (Å²) in [5, 5.41) is 3.27. The summed E-state index contributed by atoms with van der Waals surface area (Å²) >= 11 is 0. The average Bonchev–Trinajstić information content (AvgIpc) is 2.98. The first kappa shape index (κ1) is 22.2. The van der Waals surface area contributed by atoms with E-state index < -0.39 is 5.92 Å². The minimum Gasteiger partial charge on any atom is -0.497 e. The fourth-order valence-corrected chi connectivity index (χ4v) is 4.93. The van der Waals surface area contributed by atoms with Crippen molar-refractivity contribution in [1.29, 1.82) is 0 Å². The van der Waals surface area contributed by atoms with Crippen LogP contribution >= 0.6 is 0 Å². The Kier molecular flexibility index (Phi) is 6.98. The SMILES string of the molecule is COc1ccc([C@H]2[C@@H](C(=O)NC3CCCCCC3)CC(=O)N2c2ccc(OC)cc2)cc1. The number of nitrogens with one attached hydrogen (secondary N) is 1. The maximum Gasteiger partial charge on any atom is 0.228 e. The second kappa shape index (κ2) is 10.1. The molecule has 1 aliphatic carbocycles. The third-order valence-corrected chi connectivity index (χ3v) is 6.67. The van der Waals surface area contributed by atoms with Crippen LogP contribution in [0.5, 0.6) is 11.5 Å². The van der Waals surface area contributed by atoms with E-state index in [1.807, 2.05) is 48.5 Å². The Bertz CT molecular complexity index is 918. The van der Waals surface area contributed by atoms with Crippen LogP contribution in [-0.4, -0.2) is 32.1 Å². The summed E-state index contributed by atoms with van der Waals surface area (Å²) in [6, 6.07) is 14.9. The van der Waals surface area contributed by atoms with E-state index >= 15 is 0 Å². The van der Waals surface area contributed by atoms with E-state index in [1.54, 1.807) is 19.1 Å². The topological polar surface area (TPSA) is 67.9 Å². The first-order valence-electron chi connectivity index (χ1n) is 11.5. The molecular weight excluding hydrogens is 404 g/mol. The van der Waals surface area contributed by atoms with E-state index in [0.29, 0.717) is 0 Å². The molecule has 1 saturated carbocycles. The predicted molar refractivity (Wildman–Crippen MR) is 124 cm³/mol. The van der Waals surface area contributed by atoms with E-state index in [1.165, 1.54) is 12.8 Å². The van der Waals surface area contributed by atoms with Crippen molar-refractivity contribution in [3.05, 3.63) is 54.1 Å². The van der Waals surface area contributed by atoms with Crippen LogP contribution < -0.4 is 19.7 Å². The van der Waals surface area contributed by atoms with Crippen molar-refractivity contribution >= 4 is 17.5 Å². The van der Waals surface area contributed by atoms with Gasteiger partial charge in [0.15, 0.2) is 0 Å². The summed E-state index contributed by atoms with van der Waals surface area (Å²) in [5.74, 6) is 0.956. The highest BCUT2D eigenvalue weighted by Crippen LogP contribution is 2.42. The van der Waals surface area contributed by atoms with Crippen LogP contribution in [0.25, 0.3) is 0 Å². The highest BCUT2D eigenvalue weighted by molar-refractivity contribution is 6.01. The number of methoxy groups -OCH3 is 2. The Balaban J connectivity index is 1.64. The molecule has 170 valence electrons. The monoisotopic (exact) mass is 436 g/mol. The van der Waals surface area contributed by atoms with Crippen molar-refractivity contribution in [2.75, 3.05) is 19.1 Å². The summed E-state index contributed by atoms with van der Waals surface area (Å²) in [7, 11) is 3.24. The molecule has 6 nitrogen and oxygen atoms in total. The number of carbonyl (C=O) groups is 2. The zero-order valence-corrected chi connectivity index (χ0v) is 18.9. The van der Waals surface area contributed by atoms with Gasteiger partial charge in [-0.15, -0.1) is 0 Å². The van der Waals surface area contributed by atoms with E-state index in [0.717, 1.165) is 48.4 Å². The standard InChI is InChI=1S/C26H32N2O4/c1-31-21-13-9-18(10-14-21)25-23(26(30)27-19-7-5-3-4-6-8-19)17-24(29)28(25)20-11-15-22(32-2)16-12-20/h9-16,19,23,25H,3-8,17H2,1-2H3,(H,27,30)/t23-,25-/m0/s1. The normalized spacial score (nSPS) is 21.8. The van der Waals surface area contributed by atoms with Gasteiger partial charge in [-0.2, -0.15) is 0 Å². The molecule has 2 amide bonds. The molecule has 0 aromatic heterocycles. The fraction of sp³-hybridized carbons (Fsp3) is 0.462. The molecular formula is C26H32N2O4. The molecule has 1 aliphatic heterocycles. The van der Waals surface area contributed by atoms with Crippen LogP contribution in [0.15, 0.2) is 48.5 Å². The molecule has 2 aliphatic rings. The van der Waals surface area contributed by atoms with Crippen molar-refractivity contribution in [2.45, 2.75) is 57.0 Å². The molecule has 1 N–H and O–H groups in total. The van der Waals surface area contributed by atoms with Gasteiger partial charge in [0.05, 0.1) is 26.2 Å². The van der Waals surface area contributed by atoms with E-state index in [9.17, 15) is 9.59 Å². The molecule has 0 bridgehead atoms. The maximum absolute atomic E-state index is 13.4. The van der Waals surface area contributed by atoms with Crippen LogP contribution in [0.3, 0.4) is 0 Å². The lowest BCUT2D eigenvalue weighted by Gasteiger charge is -2.29. The number of anilines is 1. The first-order chi connectivity index (χ1) is 15.6. The lowest BCUT2D eigenvalue weighted by Crippen LogP contribution is -2.41. The molecule has 4 rings (SSSR count). The van der Waals surface area contributed by atoms with Gasteiger partial charge >= 0.3 is 0 Å². The number of rotatable bonds is 6. The quantitative estimate of drug-likeness (QED) is 0.670. The number of carbonyl (C=O) groups excluding carboxylic acids is 2. The fourth-order valence-electron chi connectivity index (χ4n) is 4.93. The number of nitrogens with zero attached hydrogens (tertiary/aromatic N) is 1. The van der Waals surface area contributed by atoms with Gasteiger partial charge in [0.1, 0.15) is 11.5 Å². The van der Waals surface area contributed by atoms with Gasteiger partial charge in [-0.3, -0.25) is 9.59 Å². The van der Waals surface area contributed by atoms with Gasteiger partial charge in [-0.25, -0.2) is 0 Å². The third-order valence-electron chi connectivity index (χ3n) is 6.67. The molecule has 32 heavy (non-hydrogen) atoms. The Morgan fingerprint density at radius 2 is 1.44 bits per heavy atom. The Labute approximate surface area is 189 Å². The second-order valence-electron chi connectivity index (χ2n) is 8.69. The van der Waals surface area contributed by atoms with Crippen molar-refractivity contribution in [3.8, 4) is 11.5 Å². The molecule has 1 heterocycles. The third kappa shape index (κ3) is 4.74. The van der Waals surface area contributed by atoms with Gasteiger partial charge in [0.25, 0.3) is 0 Å². The largest absolute Gasteiger partial charge is 0.497 e. The van der Waals surface area contributed by atoms with Gasteiger partial charge in [0.2, 0.25) is 11.8 Å². The first-order valence-corrected chi connectivity index (χ1v) is 11.5. The van der Waals surface area contributed by atoms with Crippen molar-refractivity contribution in [1.82, 2.24) is 5.32 Å². The lowest BCUT2D eigenvalue weighted by molar-refractivity contribution is -0.127. The Morgan fingerprint density at radius 3 is 2.00 bits per heavy atom. The number of amides is 2. The summed E-state index contributed by atoms with van der Waals surface area (Å²) < 4.78 is 10.6. The number of ether oxygens (including phenoxy) is 2. The maximum atomic E-state index is 13.4. The van der Waals surface area contributed by atoms with Gasteiger partial charge < -0.3 is 19.7 Å². The molecule has 2 atom stereocenters. The lowest BCUT2D eigenvalue weighted by atomic mass is 9.92. The van der Waals surface area contributed by atoms with Crippen LogP contribution in [0, 0.1) is 5.92 Å². The molecule has 0 unspecified atom stereocenters. The highest BCUT2D eigenvalue weighted by Gasteiger charge is 2.45. The molecule has 2 aromatic carbocycles. The Morgan fingerprint density at radius 1 is 0.875 bits per heavy atom. The number of hydrogen-bond acceptors (Lipinski definition) is 4. The number of benzene rings is 2. The van der Waals surface area contributed by atoms with E-state index in [-0.39, 0.29) is 30.3 Å². The summed E-state index contributed by atoms with van der Waals surface area (Å²) in [6.45, 7) is 0. The highest BCUT2D eigenvalue weighted by atomic mass is 16.5. The predicted octanol–water partition coefficient (Wildman–Crippen LogP) is 4.64. The summed E-state index contributed by atoms with van der Waals surface area (Å²) in [4.78, 5) is 28.4. The van der Waals surface area contributed by atoms with Crippen LogP contribution in [0.2, 0.25) is 0 Å². The van der Waals surface area contributed by atoms with Gasteiger partial charge in [0, 0.05) is 18.2 Å². The van der Waals surface area contributed by atoms with E-state index in [4.69, 9.17) is 9.47 Å². The molecule has 0 spiro atoms. The van der Waals surface area contributed by atoms with Crippen molar-refractivity contribution < 1.29 is 19.1 Å². The van der Waals surface area contributed by atoms with Gasteiger partial charge in [-0.05, 0) is 54.8 Å². The smallest absolute Gasteiger partial charge is 0.228 e.